The molecule has 0 unspecified atom stereocenters. The van der Waals surface area contributed by atoms with Crippen molar-refractivity contribution in [2.45, 2.75) is 20.4 Å². The molecule has 0 atom stereocenters. The molecule has 1 N–H and O–H groups in total. The van der Waals surface area contributed by atoms with E-state index in [9.17, 15) is 0 Å². The van der Waals surface area contributed by atoms with Crippen LogP contribution in [0.4, 0.5) is 0 Å². The second kappa shape index (κ2) is 4.85. The molecule has 0 saturated carbocycles. The molecule has 0 aliphatic carbocycles. The standard InChI is InChI=1S/C11H15N5/c1-3-12-7-10-8-15-16(9(10)2)11-13-5-4-6-14-11/h4-6,8,12H,3,7H2,1-2H3. The molecule has 0 aromatic carbocycles. The maximum absolute atomic E-state index is 4.29. The fraction of sp³-hybridized carbons (Fsp3) is 0.364. The van der Waals surface area contributed by atoms with E-state index in [2.05, 4.69) is 27.3 Å². The van der Waals surface area contributed by atoms with Crippen molar-refractivity contribution >= 4 is 0 Å². The summed E-state index contributed by atoms with van der Waals surface area (Å²) in [5.74, 6) is 0.614. The van der Waals surface area contributed by atoms with Crippen molar-refractivity contribution in [1.82, 2.24) is 25.1 Å². The summed E-state index contributed by atoms with van der Waals surface area (Å²) in [6, 6.07) is 1.79. The zero-order chi connectivity index (χ0) is 11.4. The molecule has 2 aromatic heterocycles. The first-order chi connectivity index (χ1) is 7.83. The predicted octanol–water partition coefficient (Wildman–Crippen LogP) is 1.08. The number of hydrogen-bond acceptors (Lipinski definition) is 4. The van der Waals surface area contributed by atoms with E-state index in [1.54, 1.807) is 23.1 Å². The van der Waals surface area contributed by atoms with Crippen LogP contribution >= 0.6 is 0 Å². The van der Waals surface area contributed by atoms with E-state index in [0.717, 1.165) is 18.8 Å². The summed E-state index contributed by atoms with van der Waals surface area (Å²) in [5.41, 5.74) is 2.25. The van der Waals surface area contributed by atoms with Crippen molar-refractivity contribution in [3.05, 3.63) is 35.9 Å². The number of nitrogens with zero attached hydrogens (tertiary/aromatic N) is 4. The zero-order valence-electron chi connectivity index (χ0n) is 9.51. The molecule has 5 heteroatoms. The molecule has 0 radical (unpaired) electrons. The Balaban J connectivity index is 2.27. The minimum Gasteiger partial charge on any atom is -0.313 e. The molecule has 5 nitrogen and oxygen atoms in total. The van der Waals surface area contributed by atoms with Crippen molar-refractivity contribution in [3.63, 3.8) is 0 Å². The Morgan fingerprint density at radius 3 is 2.75 bits per heavy atom. The molecule has 0 spiro atoms. The highest BCUT2D eigenvalue weighted by Crippen LogP contribution is 2.09. The van der Waals surface area contributed by atoms with Gasteiger partial charge in [-0.1, -0.05) is 6.92 Å². The first-order valence-electron chi connectivity index (χ1n) is 5.34. The van der Waals surface area contributed by atoms with Crippen LogP contribution in [0.25, 0.3) is 5.95 Å². The zero-order valence-corrected chi connectivity index (χ0v) is 9.51. The fourth-order valence-electron chi connectivity index (χ4n) is 1.48. The molecule has 0 fully saturated rings. The average molecular weight is 217 g/mol. The van der Waals surface area contributed by atoms with Gasteiger partial charge in [-0.15, -0.1) is 0 Å². The molecule has 0 aliphatic rings. The largest absolute Gasteiger partial charge is 0.313 e. The van der Waals surface area contributed by atoms with E-state index in [4.69, 9.17) is 0 Å². The normalized spacial score (nSPS) is 10.6. The fourth-order valence-corrected chi connectivity index (χ4v) is 1.48. The smallest absolute Gasteiger partial charge is 0.250 e. The number of hydrogen-bond donors (Lipinski definition) is 1. The summed E-state index contributed by atoms with van der Waals surface area (Å²) in [4.78, 5) is 8.34. The number of rotatable bonds is 4. The molecule has 0 bridgehead atoms. The lowest BCUT2D eigenvalue weighted by Crippen LogP contribution is -2.12. The molecular formula is C11H15N5. The topological polar surface area (TPSA) is 55.6 Å². The van der Waals surface area contributed by atoms with Crippen LogP contribution in [0.3, 0.4) is 0 Å². The van der Waals surface area contributed by atoms with Crippen molar-refractivity contribution in [1.29, 1.82) is 0 Å². The van der Waals surface area contributed by atoms with Gasteiger partial charge in [-0.2, -0.15) is 5.10 Å². The molecule has 16 heavy (non-hydrogen) atoms. The van der Waals surface area contributed by atoms with Gasteiger partial charge in [0.1, 0.15) is 0 Å². The van der Waals surface area contributed by atoms with Crippen LogP contribution in [-0.2, 0) is 6.54 Å². The van der Waals surface area contributed by atoms with E-state index < -0.39 is 0 Å². The summed E-state index contributed by atoms with van der Waals surface area (Å²) in [5, 5.41) is 7.57. The third kappa shape index (κ3) is 2.09. The Kier molecular flexibility index (Phi) is 3.26. The number of nitrogens with one attached hydrogen (secondary N) is 1. The van der Waals surface area contributed by atoms with Crippen LogP contribution in [0.2, 0.25) is 0 Å². The maximum atomic E-state index is 4.29. The highest BCUT2D eigenvalue weighted by atomic mass is 15.3. The van der Waals surface area contributed by atoms with Gasteiger partial charge in [-0.25, -0.2) is 14.6 Å². The van der Waals surface area contributed by atoms with Crippen LogP contribution in [0, 0.1) is 6.92 Å². The Labute approximate surface area is 94.5 Å². The van der Waals surface area contributed by atoms with Gasteiger partial charge in [0.05, 0.1) is 6.20 Å². The molecular weight excluding hydrogens is 202 g/mol. The molecule has 2 rings (SSSR count). The summed E-state index contributed by atoms with van der Waals surface area (Å²) >= 11 is 0. The van der Waals surface area contributed by atoms with Crippen molar-refractivity contribution in [2.75, 3.05) is 6.54 Å². The lowest BCUT2D eigenvalue weighted by atomic mass is 10.2. The maximum Gasteiger partial charge on any atom is 0.250 e. The monoisotopic (exact) mass is 217 g/mol. The van der Waals surface area contributed by atoms with Gasteiger partial charge in [0.25, 0.3) is 5.95 Å². The van der Waals surface area contributed by atoms with Crippen LogP contribution in [0.5, 0.6) is 0 Å². The van der Waals surface area contributed by atoms with Crippen LogP contribution in [0.1, 0.15) is 18.2 Å². The SMILES string of the molecule is CCNCc1cnn(-c2ncccn2)c1C. The Hall–Kier alpha value is -1.75. The quantitative estimate of drug-likeness (QED) is 0.832. The van der Waals surface area contributed by atoms with E-state index in [-0.39, 0.29) is 0 Å². The Bertz CT molecular complexity index is 449. The van der Waals surface area contributed by atoms with Crippen LogP contribution in [-0.4, -0.2) is 26.3 Å². The molecule has 0 aliphatic heterocycles. The second-order valence-electron chi connectivity index (χ2n) is 3.50. The molecule has 0 amide bonds. The van der Waals surface area contributed by atoms with Crippen LogP contribution < -0.4 is 5.32 Å². The molecule has 2 heterocycles. The number of aromatic nitrogens is 4. The lowest BCUT2D eigenvalue weighted by Gasteiger charge is -2.03. The van der Waals surface area contributed by atoms with Gasteiger partial charge < -0.3 is 5.32 Å². The average Bonchev–Trinajstić information content (AvgIpc) is 2.69. The lowest BCUT2D eigenvalue weighted by molar-refractivity contribution is 0.719. The Morgan fingerprint density at radius 2 is 2.06 bits per heavy atom. The molecule has 2 aromatic rings. The van der Waals surface area contributed by atoms with E-state index in [1.807, 2.05) is 13.1 Å². The third-order valence-electron chi connectivity index (χ3n) is 2.42. The first kappa shape index (κ1) is 10.8. The minimum atomic E-state index is 0.614. The van der Waals surface area contributed by atoms with Crippen molar-refractivity contribution in [2.24, 2.45) is 0 Å². The third-order valence-corrected chi connectivity index (χ3v) is 2.42. The highest BCUT2D eigenvalue weighted by Gasteiger charge is 2.08. The molecule has 84 valence electrons. The Morgan fingerprint density at radius 1 is 1.31 bits per heavy atom. The van der Waals surface area contributed by atoms with Gasteiger partial charge in [-0.3, -0.25) is 0 Å². The van der Waals surface area contributed by atoms with Gasteiger partial charge in [0.2, 0.25) is 0 Å². The van der Waals surface area contributed by atoms with Gasteiger partial charge in [0, 0.05) is 30.2 Å². The first-order valence-corrected chi connectivity index (χ1v) is 5.34. The van der Waals surface area contributed by atoms with Gasteiger partial charge in [-0.05, 0) is 19.5 Å². The van der Waals surface area contributed by atoms with Gasteiger partial charge in [0.15, 0.2) is 0 Å². The predicted molar refractivity (Wildman–Crippen MR) is 61.3 cm³/mol. The summed E-state index contributed by atoms with van der Waals surface area (Å²) in [6.45, 7) is 5.89. The van der Waals surface area contributed by atoms with E-state index in [1.165, 1.54) is 5.56 Å². The summed E-state index contributed by atoms with van der Waals surface area (Å²) in [7, 11) is 0. The van der Waals surface area contributed by atoms with Crippen molar-refractivity contribution in [3.8, 4) is 5.95 Å². The minimum absolute atomic E-state index is 0.614. The van der Waals surface area contributed by atoms with Crippen molar-refractivity contribution < 1.29 is 0 Å². The van der Waals surface area contributed by atoms with E-state index >= 15 is 0 Å². The molecule has 0 saturated heterocycles. The highest BCUT2D eigenvalue weighted by molar-refractivity contribution is 5.22. The van der Waals surface area contributed by atoms with E-state index in [0.29, 0.717) is 5.95 Å². The summed E-state index contributed by atoms with van der Waals surface area (Å²) in [6.07, 6.45) is 5.29. The van der Waals surface area contributed by atoms with Gasteiger partial charge >= 0.3 is 0 Å². The second-order valence-corrected chi connectivity index (χ2v) is 3.50. The summed E-state index contributed by atoms with van der Waals surface area (Å²) < 4.78 is 1.76. The van der Waals surface area contributed by atoms with Crippen LogP contribution in [0.15, 0.2) is 24.7 Å².